The van der Waals surface area contributed by atoms with Crippen molar-refractivity contribution in [3.63, 3.8) is 0 Å². The summed E-state index contributed by atoms with van der Waals surface area (Å²) in [4.78, 5) is 27.1. The van der Waals surface area contributed by atoms with Crippen molar-refractivity contribution in [1.82, 2.24) is 10.2 Å². The second-order valence-corrected chi connectivity index (χ2v) is 17.3. The fourth-order valence-electron chi connectivity index (χ4n) is 11.4. The fourth-order valence-corrected chi connectivity index (χ4v) is 11.4. The van der Waals surface area contributed by atoms with E-state index in [1.807, 2.05) is 0 Å². The number of carbonyl (C=O) groups is 2. The summed E-state index contributed by atoms with van der Waals surface area (Å²) < 4.78 is 11.4. The van der Waals surface area contributed by atoms with E-state index in [2.05, 4.69) is 46.0 Å². The minimum Gasteiger partial charge on any atom is -0.446 e. The summed E-state index contributed by atoms with van der Waals surface area (Å²) >= 11 is 0. The molecular weight excluding hydrogens is 588 g/mol. The third kappa shape index (κ3) is 8.08. The van der Waals surface area contributed by atoms with E-state index in [4.69, 9.17) is 9.47 Å². The van der Waals surface area contributed by atoms with E-state index in [1.54, 1.807) is 17.6 Å². The van der Waals surface area contributed by atoms with E-state index in [9.17, 15) is 14.7 Å². The molecule has 2 amide bonds. The predicted molar refractivity (Wildman–Crippen MR) is 188 cm³/mol. The zero-order chi connectivity index (χ0) is 33.8. The van der Waals surface area contributed by atoms with Gasteiger partial charge in [0.2, 0.25) is 5.91 Å². The molecule has 0 aromatic rings. The Morgan fingerprint density at radius 1 is 1.00 bits per heavy atom. The lowest BCUT2D eigenvalue weighted by Crippen LogP contribution is -2.51. The minimum absolute atomic E-state index is 0.0113. The van der Waals surface area contributed by atoms with Gasteiger partial charge in [-0.3, -0.25) is 4.79 Å². The van der Waals surface area contributed by atoms with Crippen LogP contribution in [0.15, 0.2) is 11.6 Å². The molecule has 0 radical (unpaired) electrons. The van der Waals surface area contributed by atoms with Crippen LogP contribution in [0.3, 0.4) is 0 Å². The van der Waals surface area contributed by atoms with E-state index in [1.165, 1.54) is 51.4 Å². The molecule has 1 saturated heterocycles. The van der Waals surface area contributed by atoms with Crippen molar-refractivity contribution in [3.05, 3.63) is 11.6 Å². The van der Waals surface area contributed by atoms with Crippen LogP contribution in [0, 0.1) is 46.3 Å². The molecule has 4 fully saturated rings. The fraction of sp³-hybridized carbons (Fsp3) is 0.900. The summed E-state index contributed by atoms with van der Waals surface area (Å²) in [5.74, 6) is 5.10. The number of rotatable bonds is 14. The highest BCUT2D eigenvalue weighted by Crippen LogP contribution is 2.67. The summed E-state index contributed by atoms with van der Waals surface area (Å²) in [6.45, 7) is 13.6. The number of fused-ring (bicyclic) bond motifs is 5. The normalized spacial score (nSPS) is 37.1. The number of unbranched alkanes of at least 4 members (excludes halogenated alkanes) is 2. The molecule has 0 bridgehead atoms. The van der Waals surface area contributed by atoms with Gasteiger partial charge < -0.3 is 24.8 Å². The van der Waals surface area contributed by atoms with Crippen LogP contribution in [0.1, 0.15) is 137 Å². The van der Waals surface area contributed by atoms with Crippen LogP contribution in [0.2, 0.25) is 0 Å². The number of hydrogen-bond donors (Lipinski definition) is 2. The molecule has 1 aliphatic heterocycles. The van der Waals surface area contributed by atoms with Crippen LogP contribution in [-0.4, -0.2) is 67.1 Å². The quantitative estimate of drug-likeness (QED) is 0.145. The number of methoxy groups -OCH3 is 1. The van der Waals surface area contributed by atoms with Gasteiger partial charge in [-0.25, -0.2) is 4.79 Å². The number of carbonyl (C=O) groups excluding carboxylic acids is 2. The standard InChI is InChI=1S/C40H68N2O5/c1-27(2)11-10-12-28(3)34-16-17-35-33-15-14-29-23-31(18-20-39(29,4)36(33)19-21-40(34,35)5)47-38(45)41-22-9-7-8-13-37(44)42-25-32(46-6)24-30(42)26-43/h14,27-28,30-36,43H,7-13,15-26H2,1-6H3,(H,41,45)/t28-,30+,31+,32-,33?,34-,35?,36?,39+,40-/m1/s1. The van der Waals surface area contributed by atoms with Gasteiger partial charge in [0.05, 0.1) is 18.8 Å². The molecular formula is C40H68N2O5. The highest BCUT2D eigenvalue weighted by Gasteiger charge is 2.59. The van der Waals surface area contributed by atoms with E-state index in [0.29, 0.717) is 31.3 Å². The number of aliphatic hydroxyl groups excluding tert-OH is 1. The number of likely N-dealkylation sites (tertiary alicyclic amines) is 1. The lowest BCUT2D eigenvalue weighted by atomic mass is 9.47. The Labute approximate surface area is 286 Å². The second-order valence-electron chi connectivity index (χ2n) is 17.3. The van der Waals surface area contributed by atoms with E-state index >= 15 is 0 Å². The Kier molecular flexibility index (Phi) is 12.4. The zero-order valence-electron chi connectivity index (χ0n) is 30.7. The number of allylic oxidation sites excluding steroid dienone is 1. The maximum absolute atomic E-state index is 12.7. The maximum Gasteiger partial charge on any atom is 0.407 e. The molecule has 7 heteroatoms. The first kappa shape index (κ1) is 36.7. The molecule has 5 aliphatic rings. The number of ether oxygens (including phenoxy) is 2. The molecule has 0 aromatic heterocycles. The molecule has 268 valence electrons. The van der Waals surface area contributed by atoms with Gasteiger partial charge in [-0.15, -0.1) is 0 Å². The van der Waals surface area contributed by atoms with Gasteiger partial charge in [-0.2, -0.15) is 0 Å². The van der Waals surface area contributed by atoms with Crippen molar-refractivity contribution in [2.24, 2.45) is 46.3 Å². The number of amides is 2. The molecule has 1 heterocycles. The highest BCUT2D eigenvalue weighted by molar-refractivity contribution is 5.77. The van der Waals surface area contributed by atoms with Crippen molar-refractivity contribution in [3.8, 4) is 0 Å². The summed E-state index contributed by atoms with van der Waals surface area (Å²) in [7, 11) is 1.66. The minimum atomic E-state index is -0.301. The van der Waals surface area contributed by atoms with Crippen LogP contribution < -0.4 is 5.32 Å². The monoisotopic (exact) mass is 657 g/mol. The molecule has 47 heavy (non-hydrogen) atoms. The Morgan fingerprint density at radius 2 is 1.81 bits per heavy atom. The zero-order valence-corrected chi connectivity index (χ0v) is 30.7. The second kappa shape index (κ2) is 16.0. The Hall–Kier alpha value is -1.60. The molecule has 0 aromatic carbocycles. The first-order chi connectivity index (χ1) is 22.5. The van der Waals surface area contributed by atoms with E-state index in [0.717, 1.165) is 74.0 Å². The molecule has 7 nitrogen and oxygen atoms in total. The van der Waals surface area contributed by atoms with Gasteiger partial charge >= 0.3 is 6.09 Å². The maximum atomic E-state index is 12.7. The van der Waals surface area contributed by atoms with Crippen molar-refractivity contribution >= 4 is 12.0 Å². The highest BCUT2D eigenvalue weighted by atomic mass is 16.6. The number of hydrogen-bond acceptors (Lipinski definition) is 5. The first-order valence-corrected chi connectivity index (χ1v) is 19.6. The van der Waals surface area contributed by atoms with Gasteiger partial charge in [0.15, 0.2) is 0 Å². The van der Waals surface area contributed by atoms with E-state index in [-0.39, 0.29) is 42.3 Å². The van der Waals surface area contributed by atoms with Crippen molar-refractivity contribution < 1.29 is 24.2 Å². The molecule has 0 spiro atoms. The van der Waals surface area contributed by atoms with Gasteiger partial charge in [-0.1, -0.05) is 72.0 Å². The third-order valence-electron chi connectivity index (χ3n) is 14.1. The summed E-state index contributed by atoms with van der Waals surface area (Å²) in [6, 6.07) is -0.135. The smallest absolute Gasteiger partial charge is 0.407 e. The summed E-state index contributed by atoms with van der Waals surface area (Å²) in [5, 5.41) is 12.6. The molecule has 3 saturated carbocycles. The number of nitrogens with one attached hydrogen (secondary N) is 1. The number of alkyl carbamates (subject to hydrolysis) is 1. The summed E-state index contributed by atoms with van der Waals surface area (Å²) in [5.41, 5.74) is 2.33. The van der Waals surface area contributed by atoms with Crippen LogP contribution in [0.4, 0.5) is 4.79 Å². The Balaban J connectivity index is 1.03. The molecule has 4 aliphatic carbocycles. The van der Waals surface area contributed by atoms with Gasteiger partial charge in [0, 0.05) is 33.0 Å². The van der Waals surface area contributed by atoms with Crippen LogP contribution >= 0.6 is 0 Å². The lowest BCUT2D eigenvalue weighted by molar-refractivity contribution is -0.133. The van der Waals surface area contributed by atoms with Gasteiger partial charge in [0.1, 0.15) is 6.10 Å². The molecule has 5 rings (SSSR count). The number of nitrogens with zero attached hydrogens (tertiary/aromatic N) is 1. The Bertz CT molecular complexity index is 1090. The molecule has 3 unspecified atom stereocenters. The average molecular weight is 657 g/mol. The van der Waals surface area contributed by atoms with Crippen LogP contribution in [-0.2, 0) is 14.3 Å². The molecule has 2 N–H and O–H groups in total. The average Bonchev–Trinajstić information content (AvgIpc) is 3.63. The lowest BCUT2D eigenvalue weighted by Gasteiger charge is -2.58. The van der Waals surface area contributed by atoms with Gasteiger partial charge in [0.25, 0.3) is 0 Å². The van der Waals surface area contributed by atoms with Crippen LogP contribution in [0.5, 0.6) is 0 Å². The molecule has 10 atom stereocenters. The Morgan fingerprint density at radius 3 is 2.55 bits per heavy atom. The van der Waals surface area contributed by atoms with Crippen LogP contribution in [0.25, 0.3) is 0 Å². The van der Waals surface area contributed by atoms with Crippen molar-refractivity contribution in [2.45, 2.75) is 156 Å². The predicted octanol–water partition coefficient (Wildman–Crippen LogP) is 8.29. The van der Waals surface area contributed by atoms with Crippen molar-refractivity contribution in [1.29, 1.82) is 0 Å². The summed E-state index contributed by atoms with van der Waals surface area (Å²) in [6.07, 6.45) is 19.9. The SMILES string of the molecule is CO[C@@H]1C[C@@H](CO)N(C(=O)CCCCCNC(=O)O[C@H]2CC[C@@]3(C)C(=CCC4C3CC[C@@]3(C)C4CC[C@@H]3[C@H](C)CCCC(C)C)C2)C1. The third-order valence-corrected chi connectivity index (χ3v) is 14.1. The first-order valence-electron chi connectivity index (χ1n) is 19.6. The number of aliphatic hydroxyl groups is 1. The van der Waals surface area contributed by atoms with E-state index < -0.39 is 0 Å². The van der Waals surface area contributed by atoms with Gasteiger partial charge in [-0.05, 0) is 111 Å². The largest absolute Gasteiger partial charge is 0.446 e. The topological polar surface area (TPSA) is 88.1 Å². The van der Waals surface area contributed by atoms with Crippen molar-refractivity contribution in [2.75, 3.05) is 26.8 Å².